The first kappa shape index (κ1) is 14.3. The third kappa shape index (κ3) is 5.90. The number of hydrogen-bond donors (Lipinski definition) is 2. The highest BCUT2D eigenvalue weighted by Crippen LogP contribution is 2.13. The van der Waals surface area contributed by atoms with Crippen molar-refractivity contribution in [1.82, 2.24) is 10.2 Å². The second-order valence-corrected chi connectivity index (χ2v) is 4.56. The third-order valence-electron chi connectivity index (χ3n) is 2.18. The van der Waals surface area contributed by atoms with Crippen LogP contribution in [0, 0.1) is 0 Å². The minimum atomic E-state index is -0.136. The van der Waals surface area contributed by atoms with E-state index in [1.807, 2.05) is 0 Å². The van der Waals surface area contributed by atoms with Gasteiger partial charge in [-0.1, -0.05) is 0 Å². The standard InChI is InChI=1S/C10H18N2O4S/c13-3-5-16-4-1-2-11-9(14)6-12-8-17-7-10(12)15/h13H,1-8H2,(H,11,14). The molecule has 0 radical (unpaired) electrons. The molecule has 1 fully saturated rings. The molecule has 0 spiro atoms. The summed E-state index contributed by atoms with van der Waals surface area (Å²) in [5.74, 6) is 0.966. The Hall–Kier alpha value is -0.790. The molecule has 98 valence electrons. The SMILES string of the molecule is O=C(CN1CSCC1=O)NCCCOCCO. The molecule has 1 aliphatic rings. The molecular weight excluding hydrogens is 244 g/mol. The zero-order chi connectivity index (χ0) is 12.5. The summed E-state index contributed by atoms with van der Waals surface area (Å²) in [6.45, 7) is 1.52. The van der Waals surface area contributed by atoms with Crippen LogP contribution in [0.3, 0.4) is 0 Å². The lowest BCUT2D eigenvalue weighted by molar-refractivity contribution is -0.132. The highest BCUT2D eigenvalue weighted by atomic mass is 32.2. The van der Waals surface area contributed by atoms with Crippen molar-refractivity contribution in [1.29, 1.82) is 0 Å². The van der Waals surface area contributed by atoms with Gasteiger partial charge in [0.05, 0.1) is 24.8 Å². The van der Waals surface area contributed by atoms with Gasteiger partial charge in [0.2, 0.25) is 11.8 Å². The Morgan fingerprint density at radius 3 is 3.00 bits per heavy atom. The summed E-state index contributed by atoms with van der Waals surface area (Å²) in [5.41, 5.74) is 0. The Kier molecular flexibility index (Phi) is 6.99. The molecule has 0 aromatic heterocycles. The van der Waals surface area contributed by atoms with E-state index in [9.17, 15) is 9.59 Å². The van der Waals surface area contributed by atoms with E-state index in [2.05, 4.69) is 5.32 Å². The van der Waals surface area contributed by atoms with Gasteiger partial charge in [-0.2, -0.15) is 0 Å². The van der Waals surface area contributed by atoms with Gasteiger partial charge in [-0.15, -0.1) is 11.8 Å². The number of aliphatic hydroxyl groups is 1. The molecule has 1 saturated heterocycles. The molecule has 1 rings (SSSR count). The lowest BCUT2D eigenvalue weighted by Crippen LogP contribution is -2.38. The maximum atomic E-state index is 11.4. The number of hydrogen-bond acceptors (Lipinski definition) is 5. The van der Waals surface area contributed by atoms with E-state index in [0.29, 0.717) is 37.8 Å². The number of ether oxygens (including phenoxy) is 1. The van der Waals surface area contributed by atoms with Crippen LogP contribution in [-0.2, 0) is 14.3 Å². The van der Waals surface area contributed by atoms with E-state index in [1.165, 1.54) is 11.8 Å². The molecule has 0 saturated carbocycles. The summed E-state index contributed by atoms with van der Waals surface area (Å²) in [6.07, 6.45) is 0.703. The van der Waals surface area contributed by atoms with Crippen molar-refractivity contribution in [3.05, 3.63) is 0 Å². The fraction of sp³-hybridized carbons (Fsp3) is 0.800. The zero-order valence-corrected chi connectivity index (χ0v) is 10.5. The molecular formula is C10H18N2O4S. The minimum Gasteiger partial charge on any atom is -0.394 e. The van der Waals surface area contributed by atoms with Crippen LogP contribution in [0.5, 0.6) is 0 Å². The molecule has 7 heteroatoms. The maximum absolute atomic E-state index is 11.4. The van der Waals surface area contributed by atoms with Crippen molar-refractivity contribution in [3.63, 3.8) is 0 Å². The normalized spacial score (nSPS) is 15.4. The molecule has 1 heterocycles. The van der Waals surface area contributed by atoms with Crippen molar-refractivity contribution in [2.24, 2.45) is 0 Å². The Morgan fingerprint density at radius 1 is 1.53 bits per heavy atom. The minimum absolute atomic E-state index is 0.0150. The molecule has 0 bridgehead atoms. The number of aliphatic hydroxyl groups excluding tert-OH is 1. The largest absolute Gasteiger partial charge is 0.394 e. The first-order valence-electron chi connectivity index (χ1n) is 5.55. The van der Waals surface area contributed by atoms with Crippen molar-refractivity contribution < 1.29 is 19.4 Å². The molecule has 0 aromatic rings. The van der Waals surface area contributed by atoms with Crippen molar-refractivity contribution in [3.8, 4) is 0 Å². The quantitative estimate of drug-likeness (QED) is 0.551. The number of rotatable bonds is 8. The second kappa shape index (κ2) is 8.32. The Balaban J connectivity index is 1.99. The van der Waals surface area contributed by atoms with Crippen LogP contribution < -0.4 is 5.32 Å². The first-order chi connectivity index (χ1) is 8.24. The summed E-state index contributed by atoms with van der Waals surface area (Å²) in [4.78, 5) is 24.2. The maximum Gasteiger partial charge on any atom is 0.239 e. The van der Waals surface area contributed by atoms with Crippen LogP contribution in [-0.4, -0.2) is 66.4 Å². The van der Waals surface area contributed by atoms with Gasteiger partial charge in [0, 0.05) is 13.2 Å². The fourth-order valence-corrected chi connectivity index (χ4v) is 2.24. The molecule has 1 aliphatic heterocycles. The number of carbonyl (C=O) groups is 2. The van der Waals surface area contributed by atoms with E-state index < -0.39 is 0 Å². The van der Waals surface area contributed by atoms with Crippen LogP contribution >= 0.6 is 11.8 Å². The summed E-state index contributed by atoms with van der Waals surface area (Å²) < 4.78 is 5.05. The Morgan fingerprint density at radius 2 is 2.35 bits per heavy atom. The van der Waals surface area contributed by atoms with E-state index in [0.717, 1.165) is 0 Å². The number of nitrogens with one attached hydrogen (secondary N) is 1. The number of amides is 2. The van der Waals surface area contributed by atoms with Crippen LogP contribution in [0.15, 0.2) is 0 Å². The summed E-state index contributed by atoms with van der Waals surface area (Å²) in [6, 6.07) is 0. The smallest absolute Gasteiger partial charge is 0.239 e. The van der Waals surface area contributed by atoms with Crippen molar-refractivity contribution in [2.45, 2.75) is 6.42 Å². The number of thioether (sulfide) groups is 1. The molecule has 2 amide bonds. The van der Waals surface area contributed by atoms with Crippen LogP contribution in [0.4, 0.5) is 0 Å². The van der Waals surface area contributed by atoms with Crippen LogP contribution in [0.25, 0.3) is 0 Å². The lowest BCUT2D eigenvalue weighted by atomic mass is 10.4. The Labute approximate surface area is 105 Å². The monoisotopic (exact) mass is 262 g/mol. The lowest BCUT2D eigenvalue weighted by Gasteiger charge is -2.14. The average molecular weight is 262 g/mol. The van der Waals surface area contributed by atoms with Gasteiger partial charge in [-0.3, -0.25) is 9.59 Å². The van der Waals surface area contributed by atoms with Gasteiger partial charge in [0.15, 0.2) is 0 Å². The van der Waals surface area contributed by atoms with Gasteiger partial charge in [-0.05, 0) is 6.42 Å². The van der Waals surface area contributed by atoms with Gasteiger partial charge < -0.3 is 20.1 Å². The van der Waals surface area contributed by atoms with E-state index in [4.69, 9.17) is 9.84 Å². The van der Waals surface area contributed by atoms with Gasteiger partial charge in [-0.25, -0.2) is 0 Å². The Bertz CT molecular complexity index is 263. The molecule has 0 aliphatic carbocycles. The van der Waals surface area contributed by atoms with Crippen LogP contribution in [0.2, 0.25) is 0 Å². The molecule has 0 aromatic carbocycles. The predicted octanol–water partition coefficient (Wildman–Crippen LogP) is -0.965. The van der Waals surface area contributed by atoms with Gasteiger partial charge >= 0.3 is 0 Å². The highest BCUT2D eigenvalue weighted by molar-refractivity contribution is 8.00. The third-order valence-corrected chi connectivity index (χ3v) is 3.13. The summed E-state index contributed by atoms with van der Waals surface area (Å²) in [5, 5.41) is 11.2. The first-order valence-corrected chi connectivity index (χ1v) is 6.70. The van der Waals surface area contributed by atoms with Crippen LogP contribution in [0.1, 0.15) is 6.42 Å². The highest BCUT2D eigenvalue weighted by Gasteiger charge is 2.22. The summed E-state index contributed by atoms with van der Waals surface area (Å²) >= 11 is 1.52. The molecule has 0 atom stereocenters. The summed E-state index contributed by atoms with van der Waals surface area (Å²) in [7, 11) is 0. The van der Waals surface area contributed by atoms with E-state index in [-0.39, 0.29) is 25.0 Å². The molecule has 0 unspecified atom stereocenters. The predicted molar refractivity (Wildman–Crippen MR) is 64.6 cm³/mol. The number of carbonyl (C=O) groups excluding carboxylic acids is 2. The van der Waals surface area contributed by atoms with Crippen molar-refractivity contribution >= 4 is 23.6 Å². The molecule has 6 nitrogen and oxygen atoms in total. The van der Waals surface area contributed by atoms with Gasteiger partial charge in [0.25, 0.3) is 0 Å². The molecule has 17 heavy (non-hydrogen) atoms. The molecule has 2 N–H and O–H groups in total. The van der Waals surface area contributed by atoms with E-state index in [1.54, 1.807) is 4.90 Å². The zero-order valence-electron chi connectivity index (χ0n) is 9.68. The van der Waals surface area contributed by atoms with Crippen molar-refractivity contribution in [2.75, 3.05) is 44.5 Å². The van der Waals surface area contributed by atoms with Gasteiger partial charge in [0.1, 0.15) is 6.54 Å². The topological polar surface area (TPSA) is 78.9 Å². The fourth-order valence-electron chi connectivity index (χ4n) is 1.34. The average Bonchev–Trinajstić information content (AvgIpc) is 2.69. The number of nitrogens with zero attached hydrogens (tertiary/aromatic N) is 1. The van der Waals surface area contributed by atoms with E-state index >= 15 is 0 Å². The second-order valence-electron chi connectivity index (χ2n) is 3.61.